The monoisotopic (exact) mass is 389 g/mol. The lowest BCUT2D eigenvalue weighted by Gasteiger charge is -2.15. The standard InChI is InChI=1S/C10H5F2NO.C10H6F2O2/c2*11-8-2-7-1-6(4-13)5-14-10(7)9(12)3-8/h1-3H,5H2;1-4H,5H2. The van der Waals surface area contributed by atoms with Crippen LogP contribution in [0, 0.1) is 34.6 Å². The van der Waals surface area contributed by atoms with Crippen LogP contribution in [0.3, 0.4) is 0 Å². The van der Waals surface area contributed by atoms with Gasteiger partial charge < -0.3 is 9.47 Å². The first-order valence-corrected chi connectivity index (χ1v) is 7.91. The first-order valence-electron chi connectivity index (χ1n) is 7.91. The molecule has 4 rings (SSSR count). The molecule has 0 amide bonds. The highest BCUT2D eigenvalue weighted by atomic mass is 19.1. The molecule has 0 N–H and O–H groups in total. The number of halogens is 4. The fraction of sp³-hybridized carbons (Fsp3) is 0.100. The molecule has 8 heteroatoms. The molecule has 0 fully saturated rings. The van der Waals surface area contributed by atoms with Crippen molar-refractivity contribution in [3.63, 3.8) is 0 Å². The number of benzene rings is 2. The van der Waals surface area contributed by atoms with E-state index in [2.05, 4.69) is 0 Å². The van der Waals surface area contributed by atoms with Gasteiger partial charge in [-0.1, -0.05) is 0 Å². The second-order valence-corrected chi connectivity index (χ2v) is 5.81. The van der Waals surface area contributed by atoms with E-state index < -0.39 is 23.3 Å². The summed E-state index contributed by atoms with van der Waals surface area (Å²) in [5, 5.41) is 8.57. The number of hydrogen-bond acceptors (Lipinski definition) is 4. The predicted molar refractivity (Wildman–Crippen MR) is 91.3 cm³/mol. The largest absolute Gasteiger partial charge is 0.485 e. The van der Waals surface area contributed by atoms with Crippen molar-refractivity contribution in [2.75, 3.05) is 13.2 Å². The van der Waals surface area contributed by atoms with Gasteiger partial charge in [-0.15, -0.1) is 0 Å². The van der Waals surface area contributed by atoms with Crippen molar-refractivity contribution in [3.05, 3.63) is 69.8 Å². The fourth-order valence-corrected chi connectivity index (χ4v) is 2.59. The molecule has 0 aliphatic carbocycles. The second kappa shape index (κ2) is 7.96. The minimum Gasteiger partial charge on any atom is -0.485 e. The Hall–Kier alpha value is -3.60. The summed E-state index contributed by atoms with van der Waals surface area (Å²) >= 11 is 0. The van der Waals surface area contributed by atoms with Gasteiger partial charge in [-0.2, -0.15) is 5.26 Å². The smallest absolute Gasteiger partial charge is 0.168 e. The molecule has 4 nitrogen and oxygen atoms in total. The summed E-state index contributed by atoms with van der Waals surface area (Å²) in [7, 11) is 0. The van der Waals surface area contributed by atoms with Gasteiger partial charge in [0, 0.05) is 28.8 Å². The van der Waals surface area contributed by atoms with Crippen molar-refractivity contribution in [1.29, 1.82) is 5.26 Å². The lowest BCUT2D eigenvalue weighted by Crippen LogP contribution is -2.09. The van der Waals surface area contributed by atoms with Gasteiger partial charge in [-0.3, -0.25) is 4.79 Å². The number of ether oxygens (including phenoxy) is 2. The van der Waals surface area contributed by atoms with Gasteiger partial charge in [0.05, 0.1) is 11.6 Å². The van der Waals surface area contributed by atoms with E-state index in [0.717, 1.165) is 24.3 Å². The third kappa shape index (κ3) is 4.04. The maximum Gasteiger partial charge on any atom is 0.168 e. The highest BCUT2D eigenvalue weighted by Crippen LogP contribution is 2.30. The Morgan fingerprint density at radius 3 is 1.93 bits per heavy atom. The van der Waals surface area contributed by atoms with Gasteiger partial charge in [-0.05, 0) is 24.3 Å². The van der Waals surface area contributed by atoms with Crippen LogP contribution in [0.1, 0.15) is 11.1 Å². The summed E-state index contributed by atoms with van der Waals surface area (Å²) in [5.41, 5.74) is 1.24. The Kier molecular flexibility index (Phi) is 5.45. The van der Waals surface area contributed by atoms with Crippen molar-refractivity contribution in [1.82, 2.24) is 0 Å². The molecule has 2 aliphatic heterocycles. The van der Waals surface area contributed by atoms with E-state index in [0.29, 0.717) is 17.4 Å². The average Bonchev–Trinajstić information content (AvgIpc) is 2.67. The molecule has 0 saturated heterocycles. The topological polar surface area (TPSA) is 59.3 Å². The van der Waals surface area contributed by atoms with Crippen LogP contribution in [-0.4, -0.2) is 19.5 Å². The fourth-order valence-electron chi connectivity index (χ4n) is 2.59. The summed E-state index contributed by atoms with van der Waals surface area (Å²) < 4.78 is 61.7. The molecule has 0 bridgehead atoms. The number of nitrogens with zero attached hydrogens (tertiary/aromatic N) is 1. The molecular weight excluding hydrogens is 378 g/mol. The zero-order chi connectivity index (χ0) is 20.3. The molecule has 2 aromatic carbocycles. The van der Waals surface area contributed by atoms with Crippen LogP contribution in [0.25, 0.3) is 12.2 Å². The number of nitriles is 1. The van der Waals surface area contributed by atoms with Gasteiger partial charge >= 0.3 is 0 Å². The third-order valence-corrected chi connectivity index (χ3v) is 3.80. The molecule has 2 aliphatic rings. The minimum absolute atomic E-state index is 0.00278. The normalized spacial score (nSPS) is 13.8. The maximum atomic E-state index is 13.1. The number of aldehydes is 1. The maximum absolute atomic E-state index is 13.1. The Balaban J connectivity index is 0.000000161. The zero-order valence-electron chi connectivity index (χ0n) is 14.1. The van der Waals surface area contributed by atoms with Crippen molar-refractivity contribution in [3.8, 4) is 17.6 Å². The van der Waals surface area contributed by atoms with Gasteiger partial charge in [-0.25, -0.2) is 17.6 Å². The third-order valence-electron chi connectivity index (χ3n) is 3.80. The van der Waals surface area contributed by atoms with Gasteiger partial charge in [0.1, 0.15) is 31.1 Å². The van der Waals surface area contributed by atoms with Crippen LogP contribution in [0.5, 0.6) is 11.5 Å². The summed E-state index contributed by atoms with van der Waals surface area (Å²) in [6.45, 7) is 0.0606. The molecule has 142 valence electrons. The van der Waals surface area contributed by atoms with Crippen LogP contribution in [-0.2, 0) is 4.79 Å². The molecule has 2 aromatic rings. The lowest BCUT2D eigenvalue weighted by molar-refractivity contribution is -0.105. The lowest BCUT2D eigenvalue weighted by atomic mass is 10.1. The summed E-state index contributed by atoms with van der Waals surface area (Å²) in [5.74, 6) is -2.86. The Morgan fingerprint density at radius 2 is 1.39 bits per heavy atom. The molecule has 28 heavy (non-hydrogen) atoms. The zero-order valence-corrected chi connectivity index (χ0v) is 14.1. The number of rotatable bonds is 1. The molecule has 0 saturated carbocycles. The van der Waals surface area contributed by atoms with E-state index in [1.807, 2.05) is 6.07 Å². The molecule has 0 radical (unpaired) electrons. The Labute approximate surface area is 156 Å². The number of carbonyl (C=O) groups excluding carboxylic acids is 1. The van der Waals surface area contributed by atoms with E-state index in [4.69, 9.17) is 14.7 Å². The quantitative estimate of drug-likeness (QED) is 0.542. The first-order chi connectivity index (χ1) is 13.4. The predicted octanol–water partition coefficient (Wildman–Crippen LogP) is 4.20. The van der Waals surface area contributed by atoms with Gasteiger partial charge in [0.15, 0.2) is 23.1 Å². The van der Waals surface area contributed by atoms with Crippen LogP contribution in [0.2, 0.25) is 0 Å². The second-order valence-electron chi connectivity index (χ2n) is 5.81. The van der Waals surface area contributed by atoms with E-state index in [1.54, 1.807) is 0 Å². The van der Waals surface area contributed by atoms with E-state index >= 15 is 0 Å². The van der Waals surface area contributed by atoms with E-state index in [9.17, 15) is 22.4 Å². The van der Waals surface area contributed by atoms with Crippen molar-refractivity contribution >= 4 is 18.4 Å². The van der Waals surface area contributed by atoms with Gasteiger partial charge in [0.25, 0.3) is 0 Å². The molecule has 0 spiro atoms. The number of carbonyl (C=O) groups is 1. The molecule has 2 heterocycles. The summed E-state index contributed by atoms with van der Waals surface area (Å²) in [4.78, 5) is 10.4. The van der Waals surface area contributed by atoms with Crippen molar-refractivity contribution in [2.45, 2.75) is 0 Å². The first kappa shape index (κ1) is 19.2. The van der Waals surface area contributed by atoms with Crippen LogP contribution >= 0.6 is 0 Å². The highest BCUT2D eigenvalue weighted by Gasteiger charge is 2.17. The average molecular weight is 389 g/mol. The molecule has 0 aromatic heterocycles. The van der Waals surface area contributed by atoms with Crippen LogP contribution in [0.4, 0.5) is 17.6 Å². The van der Waals surface area contributed by atoms with Gasteiger partial charge in [0.2, 0.25) is 0 Å². The highest BCUT2D eigenvalue weighted by molar-refractivity contribution is 5.84. The number of hydrogen-bond donors (Lipinski definition) is 0. The molecule has 0 atom stereocenters. The van der Waals surface area contributed by atoms with Crippen molar-refractivity contribution < 1.29 is 31.8 Å². The van der Waals surface area contributed by atoms with Crippen LogP contribution in [0.15, 0.2) is 35.4 Å². The SMILES string of the molecule is N#CC1=Cc2cc(F)cc(F)c2OC1.O=CC1=Cc2cc(F)cc(F)c2OC1. The van der Waals surface area contributed by atoms with Crippen LogP contribution < -0.4 is 9.47 Å². The van der Waals surface area contributed by atoms with E-state index in [1.165, 1.54) is 12.2 Å². The molecule has 0 unspecified atom stereocenters. The van der Waals surface area contributed by atoms with Crippen molar-refractivity contribution in [2.24, 2.45) is 0 Å². The Morgan fingerprint density at radius 1 is 0.857 bits per heavy atom. The van der Waals surface area contributed by atoms with E-state index in [-0.39, 0.29) is 35.8 Å². The molecular formula is C20H11F4NO3. The minimum atomic E-state index is -0.749. The summed E-state index contributed by atoms with van der Waals surface area (Å²) in [6.07, 6.45) is 3.44. The summed E-state index contributed by atoms with van der Waals surface area (Å²) in [6, 6.07) is 5.64. The Bertz CT molecular complexity index is 1050. The number of fused-ring (bicyclic) bond motifs is 2.